The molecule has 0 amide bonds. The fourth-order valence-electron chi connectivity index (χ4n) is 3.46. The standard InChI is InChI=1S/C25H42O3S/c1-9-11-12-17(10-2)16-28-23(27)21(29)15-18-13-19(24(3,4)5)22(26)20(14-18)25(6,7)8/h13-14,17,21,26,29H,9-12,15-16H2,1-8H3. The number of unbranched alkanes of at least 4 members (excludes halogenated alkanes) is 1. The molecule has 3 nitrogen and oxygen atoms in total. The number of carbonyl (C=O) groups is 1. The third-order valence-corrected chi connectivity index (χ3v) is 5.88. The second-order valence-corrected chi connectivity index (χ2v) is 10.9. The molecule has 1 N–H and O–H groups in total. The summed E-state index contributed by atoms with van der Waals surface area (Å²) >= 11 is 4.54. The topological polar surface area (TPSA) is 46.5 Å². The van der Waals surface area contributed by atoms with E-state index in [0.717, 1.165) is 36.0 Å². The molecule has 2 unspecified atom stereocenters. The predicted octanol–water partition coefficient (Wildman–Crippen LogP) is 6.59. The Morgan fingerprint density at radius 3 is 2.00 bits per heavy atom. The summed E-state index contributed by atoms with van der Waals surface area (Å²) in [6.07, 6.45) is 4.93. The maximum Gasteiger partial charge on any atom is 0.319 e. The maximum absolute atomic E-state index is 12.5. The van der Waals surface area contributed by atoms with Gasteiger partial charge in [0.15, 0.2) is 0 Å². The summed E-state index contributed by atoms with van der Waals surface area (Å²) in [6, 6.07) is 4.02. The highest BCUT2D eigenvalue weighted by Gasteiger charge is 2.27. The van der Waals surface area contributed by atoms with E-state index in [0.29, 0.717) is 24.7 Å². The van der Waals surface area contributed by atoms with E-state index in [9.17, 15) is 9.90 Å². The van der Waals surface area contributed by atoms with E-state index in [1.807, 2.05) is 12.1 Å². The van der Waals surface area contributed by atoms with Crippen molar-refractivity contribution in [2.45, 2.75) is 104 Å². The lowest BCUT2D eigenvalue weighted by Gasteiger charge is -2.28. The molecular formula is C25H42O3S. The van der Waals surface area contributed by atoms with Crippen molar-refractivity contribution in [2.24, 2.45) is 5.92 Å². The van der Waals surface area contributed by atoms with Gasteiger partial charge in [-0.15, -0.1) is 0 Å². The zero-order chi connectivity index (χ0) is 22.4. The van der Waals surface area contributed by atoms with E-state index >= 15 is 0 Å². The van der Waals surface area contributed by atoms with Gasteiger partial charge in [-0.05, 0) is 46.3 Å². The summed E-state index contributed by atoms with van der Waals surface area (Å²) in [6.45, 7) is 17.3. The largest absolute Gasteiger partial charge is 0.507 e. The summed E-state index contributed by atoms with van der Waals surface area (Å²) in [5.74, 6) is 0.521. The Labute approximate surface area is 184 Å². The Bertz CT molecular complexity index is 633. The lowest BCUT2D eigenvalue weighted by atomic mass is 9.78. The summed E-state index contributed by atoms with van der Waals surface area (Å²) in [5, 5.41) is 10.4. The van der Waals surface area contributed by atoms with Crippen LogP contribution < -0.4 is 0 Å². The molecule has 0 aromatic heterocycles. The molecule has 0 saturated heterocycles. The number of hydrogen-bond acceptors (Lipinski definition) is 4. The molecule has 0 spiro atoms. The van der Waals surface area contributed by atoms with Crippen LogP contribution in [-0.2, 0) is 26.8 Å². The average molecular weight is 423 g/mol. The SMILES string of the molecule is CCCCC(CC)COC(=O)C(S)Cc1cc(C(C)(C)C)c(O)c(C(C)(C)C)c1. The van der Waals surface area contributed by atoms with Gasteiger partial charge in [-0.1, -0.05) is 86.8 Å². The summed E-state index contributed by atoms with van der Waals surface area (Å²) in [4.78, 5) is 12.5. The fraction of sp³-hybridized carbons (Fsp3) is 0.720. The summed E-state index contributed by atoms with van der Waals surface area (Å²) in [5.41, 5.74) is 2.42. The van der Waals surface area contributed by atoms with Crippen LogP contribution in [0.2, 0.25) is 0 Å². The van der Waals surface area contributed by atoms with E-state index in [1.54, 1.807) is 0 Å². The first-order chi connectivity index (χ1) is 13.3. The molecule has 1 rings (SSSR count). The number of hydrogen-bond donors (Lipinski definition) is 2. The molecule has 0 aliphatic heterocycles. The zero-order valence-corrected chi connectivity index (χ0v) is 20.7. The van der Waals surface area contributed by atoms with Gasteiger partial charge in [0.25, 0.3) is 0 Å². The molecule has 1 aromatic carbocycles. The molecule has 2 atom stereocenters. The van der Waals surface area contributed by atoms with Crippen molar-refractivity contribution >= 4 is 18.6 Å². The van der Waals surface area contributed by atoms with Gasteiger partial charge >= 0.3 is 5.97 Å². The smallest absolute Gasteiger partial charge is 0.319 e. The minimum Gasteiger partial charge on any atom is -0.507 e. The molecule has 29 heavy (non-hydrogen) atoms. The van der Waals surface area contributed by atoms with E-state index in [-0.39, 0.29) is 16.8 Å². The molecule has 0 aliphatic rings. The van der Waals surface area contributed by atoms with Gasteiger partial charge in [-0.2, -0.15) is 12.6 Å². The molecule has 0 aliphatic carbocycles. The highest BCUT2D eigenvalue weighted by atomic mass is 32.1. The number of thiol groups is 1. The third-order valence-electron chi connectivity index (χ3n) is 5.49. The quantitative estimate of drug-likeness (QED) is 0.349. The van der Waals surface area contributed by atoms with Crippen LogP contribution in [0.5, 0.6) is 5.75 Å². The van der Waals surface area contributed by atoms with Crippen molar-refractivity contribution in [3.8, 4) is 5.75 Å². The molecule has 0 radical (unpaired) electrons. The van der Waals surface area contributed by atoms with E-state index in [1.165, 1.54) is 6.42 Å². The van der Waals surface area contributed by atoms with Crippen LogP contribution in [0, 0.1) is 5.92 Å². The van der Waals surface area contributed by atoms with Gasteiger partial charge in [0, 0.05) is 0 Å². The summed E-state index contributed by atoms with van der Waals surface area (Å²) in [7, 11) is 0. The number of phenols is 1. The second kappa shape index (κ2) is 10.7. The molecule has 4 heteroatoms. The minimum absolute atomic E-state index is 0.194. The van der Waals surface area contributed by atoms with Crippen molar-refractivity contribution in [3.63, 3.8) is 0 Å². The maximum atomic E-state index is 12.5. The number of phenolic OH excluding ortho intramolecular Hbond substituents is 1. The first-order valence-corrected chi connectivity index (χ1v) is 11.5. The predicted molar refractivity (Wildman–Crippen MR) is 126 cm³/mol. The molecule has 1 aromatic rings. The first kappa shape index (κ1) is 25.9. The number of carbonyl (C=O) groups excluding carboxylic acids is 1. The number of rotatable bonds is 9. The van der Waals surface area contributed by atoms with Crippen molar-refractivity contribution in [3.05, 3.63) is 28.8 Å². The second-order valence-electron chi connectivity index (χ2n) is 10.3. The lowest BCUT2D eigenvalue weighted by molar-refractivity contribution is -0.144. The van der Waals surface area contributed by atoms with Gasteiger partial charge in [-0.3, -0.25) is 4.79 Å². The number of ether oxygens (including phenoxy) is 1. The van der Waals surface area contributed by atoms with Crippen LogP contribution in [-0.4, -0.2) is 22.9 Å². The monoisotopic (exact) mass is 422 g/mol. The van der Waals surface area contributed by atoms with Gasteiger partial charge in [0.1, 0.15) is 11.0 Å². The van der Waals surface area contributed by atoms with E-state index < -0.39 is 5.25 Å². The number of esters is 1. The molecule has 166 valence electrons. The van der Waals surface area contributed by atoms with Crippen LogP contribution in [0.15, 0.2) is 12.1 Å². The Kier molecular flexibility index (Phi) is 9.59. The van der Waals surface area contributed by atoms with Gasteiger partial charge in [0.05, 0.1) is 6.61 Å². The van der Waals surface area contributed by atoms with Gasteiger partial charge in [-0.25, -0.2) is 0 Å². The van der Waals surface area contributed by atoms with Crippen LogP contribution in [0.3, 0.4) is 0 Å². The normalized spacial score (nSPS) is 14.5. The minimum atomic E-state index is -0.510. The van der Waals surface area contributed by atoms with Crippen molar-refractivity contribution in [1.82, 2.24) is 0 Å². The number of benzene rings is 1. The van der Waals surface area contributed by atoms with E-state index in [4.69, 9.17) is 4.74 Å². The first-order valence-electron chi connectivity index (χ1n) is 11.0. The Morgan fingerprint density at radius 2 is 1.59 bits per heavy atom. The molecule has 0 saturated carbocycles. The van der Waals surface area contributed by atoms with Gasteiger partial charge < -0.3 is 9.84 Å². The molecular weight excluding hydrogens is 380 g/mol. The van der Waals surface area contributed by atoms with Crippen LogP contribution >= 0.6 is 12.6 Å². The number of aromatic hydroxyl groups is 1. The van der Waals surface area contributed by atoms with Crippen molar-refractivity contribution < 1.29 is 14.6 Å². The van der Waals surface area contributed by atoms with Crippen LogP contribution in [0.25, 0.3) is 0 Å². The highest BCUT2D eigenvalue weighted by molar-refractivity contribution is 7.81. The van der Waals surface area contributed by atoms with Crippen molar-refractivity contribution in [2.75, 3.05) is 6.61 Å². The zero-order valence-electron chi connectivity index (χ0n) is 19.8. The fourth-order valence-corrected chi connectivity index (χ4v) is 3.74. The Hall–Kier alpha value is -1.16. The third kappa shape index (κ3) is 7.88. The van der Waals surface area contributed by atoms with Crippen LogP contribution in [0.4, 0.5) is 0 Å². The Balaban J connectivity index is 2.97. The van der Waals surface area contributed by atoms with Crippen LogP contribution in [0.1, 0.15) is 97.8 Å². The summed E-state index contributed by atoms with van der Waals surface area (Å²) < 4.78 is 5.58. The molecule has 0 fully saturated rings. The van der Waals surface area contributed by atoms with Crippen molar-refractivity contribution in [1.29, 1.82) is 0 Å². The molecule has 0 bridgehead atoms. The average Bonchev–Trinajstić information content (AvgIpc) is 2.60. The highest BCUT2D eigenvalue weighted by Crippen LogP contribution is 2.40. The lowest BCUT2D eigenvalue weighted by Crippen LogP contribution is -2.24. The van der Waals surface area contributed by atoms with E-state index in [2.05, 4.69) is 68.0 Å². The van der Waals surface area contributed by atoms with Gasteiger partial charge in [0.2, 0.25) is 0 Å². The Morgan fingerprint density at radius 1 is 1.07 bits per heavy atom. The molecule has 0 heterocycles.